The van der Waals surface area contributed by atoms with E-state index >= 15 is 0 Å². The summed E-state index contributed by atoms with van der Waals surface area (Å²) >= 11 is 0. The molecule has 0 bridgehead atoms. The van der Waals surface area contributed by atoms with Crippen LogP contribution in [0.15, 0.2) is 53.4 Å². The molecule has 27 heavy (non-hydrogen) atoms. The molecule has 0 aliphatic heterocycles. The third kappa shape index (κ3) is 5.27. The second kappa shape index (κ2) is 8.96. The second-order valence-electron chi connectivity index (χ2n) is 5.95. The van der Waals surface area contributed by atoms with Crippen LogP contribution in [0.3, 0.4) is 0 Å². The highest BCUT2D eigenvalue weighted by Gasteiger charge is 2.25. The molecule has 0 aliphatic rings. The zero-order chi connectivity index (χ0) is 20.0. The fourth-order valence-corrected chi connectivity index (χ4v) is 3.95. The van der Waals surface area contributed by atoms with E-state index < -0.39 is 21.7 Å². The molecule has 0 fully saturated rings. The molecule has 146 valence electrons. The lowest BCUT2D eigenvalue weighted by molar-refractivity contribution is -0.121. The van der Waals surface area contributed by atoms with E-state index in [1.165, 1.54) is 12.1 Å². The first-order valence-electron chi connectivity index (χ1n) is 8.47. The highest BCUT2D eigenvalue weighted by Crippen LogP contribution is 2.18. The quantitative estimate of drug-likeness (QED) is 0.747. The van der Waals surface area contributed by atoms with Gasteiger partial charge >= 0.3 is 0 Å². The summed E-state index contributed by atoms with van der Waals surface area (Å²) in [5.74, 6) is -0.242. The molecule has 0 spiro atoms. The molecule has 1 amide bonds. The van der Waals surface area contributed by atoms with Crippen LogP contribution in [0.4, 0.5) is 4.39 Å². The summed E-state index contributed by atoms with van der Waals surface area (Å²) in [7, 11) is -2.31. The Kier molecular flexibility index (Phi) is 6.92. The molecule has 8 heteroatoms. The Labute approximate surface area is 159 Å². The van der Waals surface area contributed by atoms with Crippen LogP contribution in [0.2, 0.25) is 0 Å². The van der Waals surface area contributed by atoms with Crippen molar-refractivity contribution in [1.82, 2.24) is 9.62 Å². The zero-order valence-corrected chi connectivity index (χ0v) is 16.3. The lowest BCUT2D eigenvalue weighted by atomic mass is 10.1. The number of halogens is 1. The summed E-state index contributed by atoms with van der Waals surface area (Å²) in [6, 6.07) is 11.5. The second-order valence-corrected chi connectivity index (χ2v) is 7.89. The summed E-state index contributed by atoms with van der Waals surface area (Å²) in [4.78, 5) is 12.3. The number of hydrogen-bond acceptors (Lipinski definition) is 4. The number of carbonyl (C=O) groups is 1. The van der Waals surface area contributed by atoms with E-state index in [0.29, 0.717) is 5.75 Å². The first-order valence-corrected chi connectivity index (χ1v) is 9.91. The molecular formula is C19H23FN2O4S. The van der Waals surface area contributed by atoms with Crippen LogP contribution in [-0.2, 0) is 14.8 Å². The van der Waals surface area contributed by atoms with Crippen molar-refractivity contribution in [1.29, 1.82) is 0 Å². The van der Waals surface area contributed by atoms with E-state index in [-0.39, 0.29) is 24.0 Å². The summed E-state index contributed by atoms with van der Waals surface area (Å²) in [5, 5.41) is 2.79. The molecule has 2 aromatic carbocycles. The fourth-order valence-electron chi connectivity index (χ4n) is 2.55. The van der Waals surface area contributed by atoms with E-state index in [2.05, 4.69) is 5.32 Å². The Bertz CT molecular complexity index is 868. The third-order valence-corrected chi connectivity index (χ3v) is 6.05. The summed E-state index contributed by atoms with van der Waals surface area (Å²) in [6.07, 6.45) is 0. The van der Waals surface area contributed by atoms with Gasteiger partial charge in [-0.2, -0.15) is 4.31 Å². The highest BCUT2D eigenvalue weighted by atomic mass is 32.2. The first-order chi connectivity index (χ1) is 12.8. The lowest BCUT2D eigenvalue weighted by Gasteiger charge is -2.22. The molecule has 0 saturated carbocycles. The van der Waals surface area contributed by atoms with Gasteiger partial charge in [0.2, 0.25) is 15.9 Å². The molecule has 1 N–H and O–H groups in total. The van der Waals surface area contributed by atoms with Gasteiger partial charge in [0.05, 0.1) is 24.6 Å². The van der Waals surface area contributed by atoms with Gasteiger partial charge in [0.25, 0.3) is 0 Å². The number of carbonyl (C=O) groups excluding carboxylic acids is 1. The molecule has 1 unspecified atom stereocenters. The minimum atomic E-state index is -3.88. The largest absolute Gasteiger partial charge is 0.497 e. The molecule has 0 radical (unpaired) electrons. The standard InChI is InChI=1S/C19H23FN2O4S/c1-4-22(27(24,25)18-11-7-16(20)8-12-18)13-19(23)21-14(2)15-5-9-17(26-3)10-6-15/h5-12,14H,4,13H2,1-3H3,(H,21,23). The molecule has 6 nitrogen and oxygen atoms in total. The minimum Gasteiger partial charge on any atom is -0.497 e. The lowest BCUT2D eigenvalue weighted by Crippen LogP contribution is -2.41. The van der Waals surface area contributed by atoms with Gasteiger partial charge in [0.1, 0.15) is 11.6 Å². The predicted molar refractivity (Wildman–Crippen MR) is 100 cm³/mol. The van der Waals surface area contributed by atoms with E-state index in [1.807, 2.05) is 19.1 Å². The van der Waals surface area contributed by atoms with Gasteiger partial charge in [-0.1, -0.05) is 19.1 Å². The smallest absolute Gasteiger partial charge is 0.243 e. The fraction of sp³-hybridized carbons (Fsp3) is 0.316. The first kappa shape index (κ1) is 20.9. The summed E-state index contributed by atoms with van der Waals surface area (Å²) in [5.41, 5.74) is 0.869. The van der Waals surface area contributed by atoms with Crippen molar-refractivity contribution in [2.75, 3.05) is 20.2 Å². The number of rotatable bonds is 8. The molecule has 0 aromatic heterocycles. The van der Waals surface area contributed by atoms with Crippen LogP contribution >= 0.6 is 0 Å². The number of ether oxygens (including phenoxy) is 1. The van der Waals surface area contributed by atoms with Crippen molar-refractivity contribution >= 4 is 15.9 Å². The van der Waals surface area contributed by atoms with E-state index in [1.54, 1.807) is 26.2 Å². The highest BCUT2D eigenvalue weighted by molar-refractivity contribution is 7.89. The Balaban J connectivity index is 2.06. The van der Waals surface area contributed by atoms with Gasteiger partial charge in [-0.15, -0.1) is 0 Å². The van der Waals surface area contributed by atoms with E-state index in [0.717, 1.165) is 22.0 Å². The number of likely N-dealkylation sites (N-methyl/N-ethyl adjacent to an activating group) is 1. The molecule has 2 aromatic rings. The molecule has 1 atom stereocenters. The van der Waals surface area contributed by atoms with Gasteiger partial charge in [-0.05, 0) is 48.9 Å². The number of sulfonamides is 1. The maximum absolute atomic E-state index is 13.0. The maximum atomic E-state index is 13.0. The van der Waals surface area contributed by atoms with Gasteiger partial charge in [-0.25, -0.2) is 12.8 Å². The van der Waals surface area contributed by atoms with E-state index in [4.69, 9.17) is 4.74 Å². The third-order valence-electron chi connectivity index (χ3n) is 4.12. The average Bonchev–Trinajstić information content (AvgIpc) is 2.66. The van der Waals surface area contributed by atoms with Crippen LogP contribution < -0.4 is 10.1 Å². The van der Waals surface area contributed by atoms with Gasteiger partial charge in [0.15, 0.2) is 0 Å². The van der Waals surface area contributed by atoms with Gasteiger partial charge in [-0.3, -0.25) is 4.79 Å². The molecule has 0 heterocycles. The molecular weight excluding hydrogens is 371 g/mol. The monoisotopic (exact) mass is 394 g/mol. The zero-order valence-electron chi connectivity index (χ0n) is 15.5. The predicted octanol–water partition coefficient (Wildman–Crippen LogP) is 2.72. The van der Waals surface area contributed by atoms with Gasteiger partial charge in [0, 0.05) is 6.54 Å². The molecule has 2 rings (SSSR count). The number of benzene rings is 2. The topological polar surface area (TPSA) is 75.7 Å². The van der Waals surface area contributed by atoms with Crippen LogP contribution in [0, 0.1) is 5.82 Å². The van der Waals surface area contributed by atoms with Crippen LogP contribution in [0.1, 0.15) is 25.5 Å². The van der Waals surface area contributed by atoms with Crippen molar-refractivity contribution < 1.29 is 22.3 Å². The minimum absolute atomic E-state index is 0.0539. The van der Waals surface area contributed by atoms with Crippen molar-refractivity contribution in [3.63, 3.8) is 0 Å². The maximum Gasteiger partial charge on any atom is 0.243 e. The van der Waals surface area contributed by atoms with Crippen molar-refractivity contribution in [2.24, 2.45) is 0 Å². The SMILES string of the molecule is CCN(CC(=O)NC(C)c1ccc(OC)cc1)S(=O)(=O)c1ccc(F)cc1. The van der Waals surface area contributed by atoms with E-state index in [9.17, 15) is 17.6 Å². The Morgan fingerprint density at radius 1 is 1.15 bits per heavy atom. The average molecular weight is 394 g/mol. The van der Waals surface area contributed by atoms with Crippen LogP contribution in [-0.4, -0.2) is 38.8 Å². The van der Waals surface area contributed by atoms with Crippen LogP contribution in [0.25, 0.3) is 0 Å². The number of hydrogen-bond donors (Lipinski definition) is 1. The number of nitrogens with zero attached hydrogens (tertiary/aromatic N) is 1. The normalized spacial score (nSPS) is 12.6. The summed E-state index contributed by atoms with van der Waals surface area (Å²) in [6.45, 7) is 3.24. The van der Waals surface area contributed by atoms with Crippen LogP contribution in [0.5, 0.6) is 5.75 Å². The Morgan fingerprint density at radius 2 is 1.74 bits per heavy atom. The Morgan fingerprint density at radius 3 is 2.26 bits per heavy atom. The van der Waals surface area contributed by atoms with Crippen molar-refractivity contribution in [3.05, 3.63) is 59.9 Å². The van der Waals surface area contributed by atoms with Crippen molar-refractivity contribution in [2.45, 2.75) is 24.8 Å². The number of methoxy groups -OCH3 is 1. The number of amides is 1. The van der Waals surface area contributed by atoms with Crippen molar-refractivity contribution in [3.8, 4) is 5.75 Å². The molecule has 0 aliphatic carbocycles. The molecule has 0 saturated heterocycles. The Hall–Kier alpha value is -2.45. The summed E-state index contributed by atoms with van der Waals surface area (Å²) < 4.78 is 44.5. The number of nitrogens with one attached hydrogen (secondary N) is 1. The van der Waals surface area contributed by atoms with Gasteiger partial charge < -0.3 is 10.1 Å².